The first kappa shape index (κ1) is 15.8. The average molecular weight is 284 g/mol. The lowest BCUT2D eigenvalue weighted by Crippen LogP contribution is -2.34. The number of methoxy groups -OCH3 is 1. The fourth-order valence-corrected chi connectivity index (χ4v) is 2.27. The van der Waals surface area contributed by atoms with E-state index >= 15 is 0 Å². The van der Waals surface area contributed by atoms with Crippen LogP contribution in [0.2, 0.25) is 0 Å². The summed E-state index contributed by atoms with van der Waals surface area (Å²) in [6, 6.07) is 5.57. The number of benzene rings is 1. The molecule has 1 aromatic carbocycles. The molecule has 0 spiro atoms. The zero-order chi connectivity index (χ0) is 14.5. The van der Waals surface area contributed by atoms with Gasteiger partial charge in [-0.25, -0.2) is 0 Å². The van der Waals surface area contributed by atoms with Gasteiger partial charge in [-0.3, -0.25) is 4.79 Å². The summed E-state index contributed by atoms with van der Waals surface area (Å²) in [6.07, 6.45) is 0.861. The van der Waals surface area contributed by atoms with E-state index in [-0.39, 0.29) is 11.3 Å². The van der Waals surface area contributed by atoms with Gasteiger partial charge in [-0.1, -0.05) is 25.5 Å². The molecule has 1 amide bonds. The van der Waals surface area contributed by atoms with Crippen molar-refractivity contribution in [3.8, 4) is 5.75 Å². The second-order valence-corrected chi connectivity index (χ2v) is 5.87. The van der Waals surface area contributed by atoms with E-state index < -0.39 is 0 Å². The monoisotopic (exact) mass is 283 g/mol. The van der Waals surface area contributed by atoms with Crippen LogP contribution in [0.4, 0.5) is 0 Å². The van der Waals surface area contributed by atoms with Gasteiger partial charge in [0.15, 0.2) is 0 Å². The van der Waals surface area contributed by atoms with Crippen LogP contribution in [0.1, 0.15) is 36.2 Å². The van der Waals surface area contributed by atoms with Crippen molar-refractivity contribution < 1.29 is 9.53 Å². The molecule has 0 atom stereocenters. The van der Waals surface area contributed by atoms with Crippen molar-refractivity contribution in [3.05, 3.63) is 29.3 Å². The molecule has 0 saturated carbocycles. The second-order valence-electron chi connectivity index (χ2n) is 5.49. The topological polar surface area (TPSA) is 38.3 Å². The molecule has 0 aliphatic heterocycles. The van der Waals surface area contributed by atoms with Gasteiger partial charge in [-0.2, -0.15) is 0 Å². The van der Waals surface area contributed by atoms with Gasteiger partial charge in [0.2, 0.25) is 0 Å². The van der Waals surface area contributed by atoms with Gasteiger partial charge in [0.05, 0.1) is 12.7 Å². The highest BCUT2D eigenvalue weighted by molar-refractivity contribution is 6.17. The van der Waals surface area contributed by atoms with Gasteiger partial charge < -0.3 is 10.1 Å². The fourth-order valence-electron chi connectivity index (χ4n) is 1.76. The van der Waals surface area contributed by atoms with Crippen molar-refractivity contribution >= 4 is 17.5 Å². The summed E-state index contributed by atoms with van der Waals surface area (Å²) in [5.41, 5.74) is 1.60. The lowest BCUT2D eigenvalue weighted by atomic mass is 9.90. The summed E-state index contributed by atoms with van der Waals surface area (Å²) < 4.78 is 5.22. The van der Waals surface area contributed by atoms with E-state index in [0.717, 1.165) is 12.0 Å². The van der Waals surface area contributed by atoms with Gasteiger partial charge >= 0.3 is 0 Å². The minimum atomic E-state index is -0.108. The summed E-state index contributed by atoms with van der Waals surface area (Å²) in [6.45, 7) is 6.72. The van der Waals surface area contributed by atoms with Crippen molar-refractivity contribution in [1.82, 2.24) is 5.32 Å². The molecule has 1 N–H and O–H groups in total. The number of aryl methyl sites for hydroxylation is 1. The van der Waals surface area contributed by atoms with Crippen molar-refractivity contribution in [1.29, 1.82) is 0 Å². The molecule has 4 heteroatoms. The van der Waals surface area contributed by atoms with Crippen LogP contribution in [0.15, 0.2) is 18.2 Å². The first-order chi connectivity index (χ1) is 8.89. The Labute approximate surface area is 120 Å². The molecule has 0 fully saturated rings. The van der Waals surface area contributed by atoms with Crippen LogP contribution in [0.3, 0.4) is 0 Å². The fraction of sp³-hybridized carbons (Fsp3) is 0.533. The van der Waals surface area contributed by atoms with Crippen LogP contribution in [0, 0.1) is 12.3 Å². The third-order valence-corrected chi connectivity index (χ3v) is 3.29. The smallest absolute Gasteiger partial charge is 0.255 e. The largest absolute Gasteiger partial charge is 0.496 e. The van der Waals surface area contributed by atoms with E-state index in [2.05, 4.69) is 19.2 Å². The van der Waals surface area contributed by atoms with Gasteiger partial charge in [0.1, 0.15) is 5.75 Å². The van der Waals surface area contributed by atoms with Crippen molar-refractivity contribution in [2.24, 2.45) is 5.41 Å². The molecular weight excluding hydrogens is 262 g/mol. The predicted molar refractivity (Wildman–Crippen MR) is 79.2 cm³/mol. The van der Waals surface area contributed by atoms with Crippen LogP contribution in [0.5, 0.6) is 5.75 Å². The Hall–Kier alpha value is -1.22. The number of carbonyl (C=O) groups is 1. The standard InChI is InChI=1S/C15H22ClNO2/c1-11-5-6-13(19-4)12(9-11)14(18)17-10-15(2,3)7-8-16/h5-6,9H,7-8,10H2,1-4H3,(H,17,18). The Morgan fingerprint density at radius 2 is 2.11 bits per heavy atom. The molecule has 0 bridgehead atoms. The van der Waals surface area contributed by atoms with E-state index in [4.69, 9.17) is 16.3 Å². The molecule has 0 unspecified atom stereocenters. The highest BCUT2D eigenvalue weighted by Gasteiger charge is 2.20. The van der Waals surface area contributed by atoms with E-state index in [1.807, 2.05) is 25.1 Å². The first-order valence-corrected chi connectivity index (χ1v) is 6.92. The maximum Gasteiger partial charge on any atom is 0.255 e. The molecule has 0 heterocycles. The summed E-state index contributed by atoms with van der Waals surface area (Å²) in [5, 5.41) is 2.95. The van der Waals surface area contributed by atoms with E-state index in [1.165, 1.54) is 0 Å². The Morgan fingerprint density at radius 1 is 1.42 bits per heavy atom. The average Bonchev–Trinajstić information content (AvgIpc) is 2.36. The van der Waals surface area contributed by atoms with Gasteiger partial charge in [0.25, 0.3) is 5.91 Å². The Morgan fingerprint density at radius 3 is 2.68 bits per heavy atom. The lowest BCUT2D eigenvalue weighted by Gasteiger charge is -2.24. The number of hydrogen-bond donors (Lipinski definition) is 1. The first-order valence-electron chi connectivity index (χ1n) is 6.38. The summed E-state index contributed by atoms with van der Waals surface area (Å²) >= 11 is 5.75. The van der Waals surface area contributed by atoms with Crippen LogP contribution >= 0.6 is 11.6 Å². The molecule has 3 nitrogen and oxygen atoms in total. The third kappa shape index (κ3) is 4.75. The van der Waals surface area contributed by atoms with Crippen LogP contribution in [-0.2, 0) is 0 Å². The van der Waals surface area contributed by atoms with Gasteiger partial charge in [0, 0.05) is 12.4 Å². The number of halogens is 1. The maximum atomic E-state index is 12.2. The van der Waals surface area contributed by atoms with Gasteiger partial charge in [-0.15, -0.1) is 11.6 Å². The minimum Gasteiger partial charge on any atom is -0.496 e. The molecule has 19 heavy (non-hydrogen) atoms. The number of amides is 1. The molecule has 0 aliphatic rings. The number of alkyl halides is 1. The normalized spacial score (nSPS) is 11.2. The van der Waals surface area contributed by atoms with E-state index in [9.17, 15) is 4.79 Å². The van der Waals surface area contributed by atoms with Crippen LogP contribution in [-0.4, -0.2) is 25.4 Å². The minimum absolute atomic E-state index is 0.00549. The maximum absolute atomic E-state index is 12.2. The third-order valence-electron chi connectivity index (χ3n) is 3.10. The molecule has 0 aliphatic carbocycles. The quantitative estimate of drug-likeness (QED) is 0.813. The van der Waals surface area contributed by atoms with Crippen LogP contribution < -0.4 is 10.1 Å². The van der Waals surface area contributed by atoms with Crippen molar-refractivity contribution in [3.63, 3.8) is 0 Å². The number of nitrogens with one attached hydrogen (secondary N) is 1. The molecule has 1 rings (SSSR count). The SMILES string of the molecule is COc1ccc(C)cc1C(=O)NCC(C)(C)CCCl. The van der Waals surface area contributed by atoms with E-state index in [1.54, 1.807) is 7.11 Å². The summed E-state index contributed by atoms with van der Waals surface area (Å²) in [7, 11) is 1.57. The number of carbonyl (C=O) groups excluding carboxylic acids is 1. The van der Waals surface area contributed by atoms with Crippen molar-refractivity contribution in [2.45, 2.75) is 27.2 Å². The molecule has 0 aromatic heterocycles. The highest BCUT2D eigenvalue weighted by Crippen LogP contribution is 2.22. The molecule has 0 saturated heterocycles. The van der Waals surface area contributed by atoms with Crippen molar-refractivity contribution in [2.75, 3.05) is 19.5 Å². The second kappa shape index (κ2) is 6.80. The lowest BCUT2D eigenvalue weighted by molar-refractivity contribution is 0.0932. The number of rotatable bonds is 6. The zero-order valence-electron chi connectivity index (χ0n) is 12.0. The molecule has 106 valence electrons. The number of ether oxygens (including phenoxy) is 1. The Bertz CT molecular complexity index is 444. The zero-order valence-corrected chi connectivity index (χ0v) is 12.8. The summed E-state index contributed by atoms with van der Waals surface area (Å²) in [4.78, 5) is 12.2. The Kier molecular flexibility index (Phi) is 5.67. The van der Waals surface area contributed by atoms with Gasteiger partial charge in [-0.05, 0) is 30.9 Å². The van der Waals surface area contributed by atoms with Crippen LogP contribution in [0.25, 0.3) is 0 Å². The molecule has 1 aromatic rings. The molecule has 0 radical (unpaired) electrons. The molecular formula is C15H22ClNO2. The summed E-state index contributed by atoms with van der Waals surface area (Å²) in [5.74, 6) is 1.08. The highest BCUT2D eigenvalue weighted by atomic mass is 35.5. The predicted octanol–water partition coefficient (Wildman–Crippen LogP) is 3.39. The Balaban J connectivity index is 2.76. The van der Waals surface area contributed by atoms with E-state index in [0.29, 0.717) is 23.7 Å². The number of hydrogen-bond acceptors (Lipinski definition) is 2.